The van der Waals surface area contributed by atoms with E-state index in [1.807, 2.05) is 0 Å². The molecule has 124 valence electrons. The molecule has 0 spiro atoms. The van der Waals surface area contributed by atoms with Gasteiger partial charge < -0.3 is 18.9 Å². The molecule has 1 saturated carbocycles. The third-order valence-corrected chi connectivity index (χ3v) is 5.97. The van der Waals surface area contributed by atoms with E-state index in [9.17, 15) is 4.79 Å². The van der Waals surface area contributed by atoms with Crippen molar-refractivity contribution in [3.8, 4) is 0 Å². The first-order chi connectivity index (χ1) is 10.4. The van der Waals surface area contributed by atoms with Gasteiger partial charge in [-0.3, -0.25) is 4.79 Å². The lowest BCUT2D eigenvalue weighted by molar-refractivity contribution is -0.372. The highest BCUT2D eigenvalue weighted by molar-refractivity contribution is 14.1. The Morgan fingerprint density at radius 2 is 2.27 bits per heavy atom. The van der Waals surface area contributed by atoms with E-state index in [1.165, 1.54) is 6.92 Å². The first kappa shape index (κ1) is 16.7. The second-order valence-electron chi connectivity index (χ2n) is 6.81. The molecular weight excluding hydrogens is 399 g/mol. The number of esters is 1. The molecule has 5 nitrogen and oxygen atoms in total. The molecule has 4 bridgehead atoms. The average Bonchev–Trinajstić information content (AvgIpc) is 2.73. The van der Waals surface area contributed by atoms with Crippen LogP contribution in [0.5, 0.6) is 0 Å². The lowest BCUT2D eigenvalue weighted by Crippen LogP contribution is -2.64. The van der Waals surface area contributed by atoms with Gasteiger partial charge in [0, 0.05) is 11.4 Å². The maximum absolute atomic E-state index is 11.5. The van der Waals surface area contributed by atoms with Crippen LogP contribution in [-0.4, -0.2) is 41.3 Å². The average molecular weight is 422 g/mol. The fraction of sp³-hybridized carbons (Fsp3) is 0.812. The van der Waals surface area contributed by atoms with Crippen LogP contribution in [0.3, 0.4) is 0 Å². The Morgan fingerprint density at radius 1 is 1.55 bits per heavy atom. The van der Waals surface area contributed by atoms with Gasteiger partial charge in [-0.15, -0.1) is 0 Å². The number of rotatable bonds is 5. The normalized spacial score (nSPS) is 43.0. The molecule has 3 aliphatic heterocycles. The highest BCUT2D eigenvalue weighted by atomic mass is 127. The largest absolute Gasteiger partial charge is 0.459 e. The minimum atomic E-state index is -0.525. The quantitative estimate of drug-likeness (QED) is 0.295. The van der Waals surface area contributed by atoms with Crippen molar-refractivity contribution < 1.29 is 23.7 Å². The molecule has 1 aliphatic carbocycles. The third kappa shape index (κ3) is 2.52. The smallest absolute Gasteiger partial charge is 0.303 e. The molecule has 0 aromatic carbocycles. The molecule has 0 aromatic heterocycles. The van der Waals surface area contributed by atoms with E-state index in [1.54, 1.807) is 0 Å². The van der Waals surface area contributed by atoms with Crippen molar-refractivity contribution in [3.63, 3.8) is 0 Å². The fourth-order valence-corrected chi connectivity index (χ4v) is 5.02. The van der Waals surface area contributed by atoms with E-state index in [2.05, 4.69) is 43.0 Å². The van der Waals surface area contributed by atoms with E-state index in [0.29, 0.717) is 12.5 Å². The van der Waals surface area contributed by atoms with Crippen LogP contribution < -0.4 is 0 Å². The Kier molecular flexibility index (Phi) is 4.57. The molecule has 0 aromatic rings. The lowest BCUT2D eigenvalue weighted by atomic mass is 9.77. The topological polar surface area (TPSA) is 54.0 Å². The minimum Gasteiger partial charge on any atom is -0.459 e. The summed E-state index contributed by atoms with van der Waals surface area (Å²) in [5.41, 5.74) is 0.423. The first-order valence-electron chi connectivity index (χ1n) is 7.75. The molecule has 22 heavy (non-hydrogen) atoms. The Morgan fingerprint density at radius 3 is 2.86 bits per heavy atom. The number of ether oxygens (including phenoxy) is 4. The number of hydrogen-bond donors (Lipinski definition) is 0. The maximum atomic E-state index is 11.5. The van der Waals surface area contributed by atoms with Crippen molar-refractivity contribution >= 4 is 28.6 Å². The van der Waals surface area contributed by atoms with Gasteiger partial charge in [0.2, 0.25) is 0 Å². The summed E-state index contributed by atoms with van der Waals surface area (Å²) in [5.74, 6) is 0.423. The summed E-state index contributed by atoms with van der Waals surface area (Å²) in [5, 5.41) is 0. The van der Waals surface area contributed by atoms with E-state index in [4.69, 9.17) is 18.9 Å². The molecule has 6 heteroatoms. The Hall–Kier alpha value is -0.180. The van der Waals surface area contributed by atoms with Crippen molar-refractivity contribution in [1.82, 2.24) is 0 Å². The van der Waals surface area contributed by atoms with Gasteiger partial charge in [0.05, 0.1) is 12.5 Å². The van der Waals surface area contributed by atoms with Crippen molar-refractivity contribution in [3.05, 3.63) is 12.2 Å². The van der Waals surface area contributed by atoms with Crippen LogP contribution in [0.2, 0.25) is 0 Å². The maximum Gasteiger partial charge on any atom is 0.303 e. The summed E-state index contributed by atoms with van der Waals surface area (Å²) in [4.78, 5) is 11.5. The van der Waals surface area contributed by atoms with Gasteiger partial charge in [-0.25, -0.2) is 0 Å². The first-order valence-corrected chi connectivity index (χ1v) is 9.28. The SMILES string of the molecule is C=C1[C@H]2O[C@@H](OCC(C)C)[C@H]3[C@H]1C[C@H](OC(C)=O)[C@@]3(CI)O2. The van der Waals surface area contributed by atoms with Crippen molar-refractivity contribution in [1.29, 1.82) is 0 Å². The zero-order valence-corrected chi connectivity index (χ0v) is 15.4. The minimum absolute atomic E-state index is 0.0324. The standard InChI is InChI=1S/C16H23IO5/c1-8(2)6-19-15-13-11-5-12(20-10(4)18)16(13,7-17)22-14(21-15)9(11)3/h8,11-15H,3,5-7H2,1-2,4H3/t11-,12-,13+,14-,15+,16+/m0/s1. The summed E-state index contributed by atoms with van der Waals surface area (Å²) < 4.78 is 24.4. The van der Waals surface area contributed by atoms with Crippen molar-refractivity contribution in [2.75, 3.05) is 11.0 Å². The molecule has 0 amide bonds. The zero-order chi connectivity index (χ0) is 16.1. The molecule has 4 fully saturated rings. The van der Waals surface area contributed by atoms with Gasteiger partial charge in [-0.05, 0) is 23.8 Å². The highest BCUT2D eigenvalue weighted by Crippen LogP contribution is 2.59. The second-order valence-corrected chi connectivity index (χ2v) is 7.57. The second kappa shape index (κ2) is 6.03. The Labute approximate surface area is 144 Å². The number of alkyl halides is 1. The molecule has 6 atom stereocenters. The molecule has 0 unspecified atom stereocenters. The van der Waals surface area contributed by atoms with Gasteiger partial charge in [-0.2, -0.15) is 0 Å². The van der Waals surface area contributed by atoms with E-state index >= 15 is 0 Å². The van der Waals surface area contributed by atoms with E-state index in [0.717, 1.165) is 16.4 Å². The lowest BCUT2D eigenvalue weighted by Gasteiger charge is -2.53. The Bertz CT molecular complexity index is 479. The number of hydrogen-bond acceptors (Lipinski definition) is 5. The predicted molar refractivity (Wildman–Crippen MR) is 88.4 cm³/mol. The summed E-state index contributed by atoms with van der Waals surface area (Å²) in [6, 6.07) is 0. The molecule has 4 rings (SSSR count). The number of fused-ring (bicyclic) bond motifs is 1. The van der Waals surface area contributed by atoms with Crippen LogP contribution in [0.25, 0.3) is 0 Å². The van der Waals surface area contributed by atoms with Gasteiger partial charge in [-0.1, -0.05) is 43.0 Å². The number of carbonyl (C=O) groups is 1. The summed E-state index contributed by atoms with van der Waals surface area (Å²) in [6.07, 6.45) is -0.282. The van der Waals surface area contributed by atoms with Gasteiger partial charge in [0.1, 0.15) is 11.7 Å². The molecule has 3 saturated heterocycles. The molecule has 4 aliphatic rings. The molecule has 0 radical (unpaired) electrons. The van der Waals surface area contributed by atoms with Gasteiger partial charge in [0.15, 0.2) is 12.6 Å². The van der Waals surface area contributed by atoms with Crippen LogP contribution in [0.15, 0.2) is 12.2 Å². The summed E-state index contributed by atoms with van der Waals surface area (Å²) in [6.45, 7) is 10.4. The highest BCUT2D eigenvalue weighted by Gasteiger charge is 2.69. The monoisotopic (exact) mass is 422 g/mol. The predicted octanol–water partition coefficient (Wildman–Crippen LogP) is 2.67. The number of halogens is 1. The van der Waals surface area contributed by atoms with Crippen LogP contribution in [0, 0.1) is 17.8 Å². The molecular formula is C16H23IO5. The van der Waals surface area contributed by atoms with Crippen LogP contribution in [0.4, 0.5) is 0 Å². The van der Waals surface area contributed by atoms with E-state index in [-0.39, 0.29) is 30.2 Å². The number of carbonyl (C=O) groups excluding carboxylic acids is 1. The van der Waals surface area contributed by atoms with Gasteiger partial charge >= 0.3 is 5.97 Å². The summed E-state index contributed by atoms with van der Waals surface area (Å²) in [7, 11) is 0. The van der Waals surface area contributed by atoms with Gasteiger partial charge in [0.25, 0.3) is 0 Å². The zero-order valence-electron chi connectivity index (χ0n) is 13.2. The van der Waals surface area contributed by atoms with Crippen molar-refractivity contribution in [2.24, 2.45) is 17.8 Å². The fourth-order valence-electron chi connectivity index (χ4n) is 3.84. The molecule has 0 N–H and O–H groups in total. The van der Waals surface area contributed by atoms with Crippen LogP contribution in [-0.2, 0) is 23.7 Å². The van der Waals surface area contributed by atoms with Crippen LogP contribution >= 0.6 is 22.6 Å². The van der Waals surface area contributed by atoms with Crippen LogP contribution in [0.1, 0.15) is 27.2 Å². The molecule has 3 heterocycles. The summed E-state index contributed by atoms with van der Waals surface area (Å²) >= 11 is 2.31. The Balaban J connectivity index is 1.88. The van der Waals surface area contributed by atoms with Crippen molar-refractivity contribution in [2.45, 2.75) is 51.5 Å². The van der Waals surface area contributed by atoms with E-state index < -0.39 is 11.9 Å². The third-order valence-electron chi connectivity index (χ3n) is 4.78.